The first-order valence-electron chi connectivity index (χ1n) is 9.77. The molecule has 6 heteroatoms. The van der Waals surface area contributed by atoms with Crippen LogP contribution < -0.4 is 5.56 Å². The third kappa shape index (κ3) is 2.69. The summed E-state index contributed by atoms with van der Waals surface area (Å²) in [5.74, 6) is 0.542. The molecule has 0 unspecified atom stereocenters. The van der Waals surface area contributed by atoms with Crippen molar-refractivity contribution in [2.75, 3.05) is 0 Å². The highest BCUT2D eigenvalue weighted by atomic mass is 16.1. The number of rotatable bonds is 4. The fraction of sp³-hybridized carbons (Fsp3) is 0.125. The summed E-state index contributed by atoms with van der Waals surface area (Å²) >= 11 is 0. The van der Waals surface area contributed by atoms with Crippen LogP contribution in [0.15, 0.2) is 78.4 Å². The molecule has 3 aromatic heterocycles. The Labute approximate surface area is 173 Å². The van der Waals surface area contributed by atoms with Crippen molar-refractivity contribution < 1.29 is 0 Å². The van der Waals surface area contributed by atoms with Gasteiger partial charge < -0.3 is 9.13 Å². The Morgan fingerprint density at radius 1 is 0.900 bits per heavy atom. The number of nitrogens with zero attached hydrogens (tertiary/aromatic N) is 5. The van der Waals surface area contributed by atoms with Crippen LogP contribution in [0.5, 0.6) is 0 Å². The van der Waals surface area contributed by atoms with Gasteiger partial charge in [-0.15, -0.1) is 6.58 Å². The minimum atomic E-state index is -0.338. The van der Waals surface area contributed by atoms with Crippen molar-refractivity contribution in [3.05, 3.63) is 83.9 Å². The molecule has 0 aliphatic rings. The molecule has 0 amide bonds. The summed E-state index contributed by atoms with van der Waals surface area (Å²) in [6.45, 7) is 4.31. The number of fused-ring (bicyclic) bond motifs is 2. The van der Waals surface area contributed by atoms with Crippen LogP contribution in [0, 0.1) is 0 Å². The molecule has 2 aromatic carbocycles. The molecular weight excluding hydrogens is 374 g/mol. The van der Waals surface area contributed by atoms with Crippen molar-refractivity contribution in [3.8, 4) is 22.6 Å². The molecule has 30 heavy (non-hydrogen) atoms. The van der Waals surface area contributed by atoms with Crippen molar-refractivity contribution in [2.24, 2.45) is 14.1 Å². The molecule has 5 aromatic rings. The normalized spacial score (nSPS) is 11.4. The maximum Gasteiger partial charge on any atom is 0.300 e. The van der Waals surface area contributed by atoms with E-state index < -0.39 is 0 Å². The van der Waals surface area contributed by atoms with Crippen molar-refractivity contribution in [3.63, 3.8) is 0 Å². The molecule has 5 rings (SSSR count). The second kappa shape index (κ2) is 6.84. The van der Waals surface area contributed by atoms with E-state index in [4.69, 9.17) is 5.10 Å². The van der Waals surface area contributed by atoms with Gasteiger partial charge in [-0.1, -0.05) is 42.5 Å². The Morgan fingerprint density at radius 3 is 2.10 bits per heavy atom. The zero-order valence-electron chi connectivity index (χ0n) is 16.9. The number of hydrogen-bond acceptors (Lipinski definition) is 3. The molecule has 6 nitrogen and oxygen atoms in total. The lowest BCUT2D eigenvalue weighted by Gasteiger charge is -2.10. The van der Waals surface area contributed by atoms with Crippen LogP contribution in [0.1, 0.15) is 0 Å². The second-order valence-electron chi connectivity index (χ2n) is 7.40. The van der Waals surface area contributed by atoms with E-state index in [1.807, 2.05) is 84.2 Å². The number of benzene rings is 2. The standard InChI is InChI=1S/C24H21N5O/c1-4-13-29-23(19-15-28(3)21-12-8-6-10-17(19)21)25-24(30)22(26-29)18-14-27(2)20-11-7-5-9-16(18)20/h4-12,14-15H,1,13H2,2-3H3. The smallest absolute Gasteiger partial charge is 0.300 e. The molecule has 0 spiro atoms. The average molecular weight is 395 g/mol. The first-order valence-corrected chi connectivity index (χ1v) is 9.77. The number of allylic oxidation sites excluding steroid dienone is 1. The Bertz CT molecular complexity index is 1490. The topological polar surface area (TPSA) is 57.6 Å². The van der Waals surface area contributed by atoms with E-state index in [1.54, 1.807) is 10.8 Å². The molecule has 3 heterocycles. The summed E-state index contributed by atoms with van der Waals surface area (Å²) in [7, 11) is 3.95. The van der Waals surface area contributed by atoms with E-state index in [9.17, 15) is 4.79 Å². The lowest BCUT2D eigenvalue weighted by molar-refractivity contribution is 0.668. The number of hydrogen-bond donors (Lipinski definition) is 0. The van der Waals surface area contributed by atoms with E-state index >= 15 is 0 Å². The highest BCUT2D eigenvalue weighted by Gasteiger charge is 2.19. The zero-order valence-corrected chi connectivity index (χ0v) is 16.9. The molecule has 0 aliphatic carbocycles. The summed E-state index contributed by atoms with van der Waals surface area (Å²) < 4.78 is 5.79. The monoisotopic (exact) mass is 395 g/mol. The van der Waals surface area contributed by atoms with Gasteiger partial charge in [0.15, 0.2) is 11.5 Å². The Kier molecular flexibility index (Phi) is 4.13. The van der Waals surface area contributed by atoms with Gasteiger partial charge in [-0.25, -0.2) is 4.68 Å². The van der Waals surface area contributed by atoms with Crippen molar-refractivity contribution in [2.45, 2.75) is 6.54 Å². The lowest BCUT2D eigenvalue weighted by atomic mass is 10.1. The molecule has 0 radical (unpaired) electrons. The van der Waals surface area contributed by atoms with Crippen molar-refractivity contribution in [1.29, 1.82) is 0 Å². The van der Waals surface area contributed by atoms with Crippen LogP contribution in [-0.2, 0) is 20.6 Å². The summed E-state index contributed by atoms with van der Waals surface area (Å²) in [5.41, 5.74) is 3.79. The molecule has 0 bridgehead atoms. The molecule has 0 atom stereocenters. The van der Waals surface area contributed by atoms with Crippen LogP contribution in [0.4, 0.5) is 0 Å². The quantitative estimate of drug-likeness (QED) is 0.430. The summed E-state index contributed by atoms with van der Waals surface area (Å²) in [6.07, 6.45) is 5.69. The molecule has 0 fully saturated rings. The van der Waals surface area contributed by atoms with Crippen LogP contribution in [-0.4, -0.2) is 23.9 Å². The molecule has 0 N–H and O–H groups in total. The van der Waals surface area contributed by atoms with Crippen molar-refractivity contribution >= 4 is 21.8 Å². The SMILES string of the molecule is C=CCn1nc(-c2cn(C)c3ccccc23)c(=O)nc1-c1cn(C)c2ccccc12. The predicted octanol–water partition coefficient (Wildman–Crippen LogP) is 4.14. The maximum absolute atomic E-state index is 13.1. The minimum absolute atomic E-state index is 0.338. The Morgan fingerprint density at radius 2 is 1.47 bits per heavy atom. The molecular formula is C24H21N5O. The molecule has 0 saturated heterocycles. The summed E-state index contributed by atoms with van der Waals surface area (Å²) in [4.78, 5) is 17.6. The van der Waals surface area contributed by atoms with Gasteiger partial charge in [0.1, 0.15) is 0 Å². The molecule has 0 aliphatic heterocycles. The first-order chi connectivity index (χ1) is 14.6. The van der Waals surface area contributed by atoms with E-state index in [0.717, 1.165) is 32.9 Å². The van der Waals surface area contributed by atoms with Crippen LogP contribution in [0.25, 0.3) is 44.5 Å². The van der Waals surface area contributed by atoms with Gasteiger partial charge in [0, 0.05) is 59.4 Å². The Balaban J connectivity index is 1.78. The maximum atomic E-state index is 13.1. The predicted molar refractivity (Wildman–Crippen MR) is 120 cm³/mol. The third-order valence-corrected chi connectivity index (χ3v) is 5.47. The second-order valence-corrected chi connectivity index (χ2v) is 7.40. The van der Waals surface area contributed by atoms with E-state index in [2.05, 4.69) is 11.6 Å². The van der Waals surface area contributed by atoms with Gasteiger partial charge in [0.2, 0.25) is 0 Å². The fourth-order valence-electron chi connectivity index (χ4n) is 4.09. The van der Waals surface area contributed by atoms with Gasteiger partial charge >= 0.3 is 0 Å². The van der Waals surface area contributed by atoms with Crippen LogP contribution in [0.3, 0.4) is 0 Å². The summed E-state index contributed by atoms with van der Waals surface area (Å²) in [6, 6.07) is 16.0. The Hall–Kier alpha value is -3.93. The van der Waals surface area contributed by atoms with E-state index in [0.29, 0.717) is 18.1 Å². The van der Waals surface area contributed by atoms with Gasteiger partial charge in [-0.2, -0.15) is 10.1 Å². The highest BCUT2D eigenvalue weighted by molar-refractivity contribution is 5.96. The minimum Gasteiger partial charge on any atom is -0.350 e. The lowest BCUT2D eigenvalue weighted by Crippen LogP contribution is -2.20. The van der Waals surface area contributed by atoms with Gasteiger partial charge in [-0.05, 0) is 12.1 Å². The first kappa shape index (κ1) is 18.1. The highest BCUT2D eigenvalue weighted by Crippen LogP contribution is 2.30. The van der Waals surface area contributed by atoms with E-state index in [1.165, 1.54) is 0 Å². The van der Waals surface area contributed by atoms with Crippen LogP contribution in [0.2, 0.25) is 0 Å². The van der Waals surface area contributed by atoms with Crippen molar-refractivity contribution in [1.82, 2.24) is 23.9 Å². The van der Waals surface area contributed by atoms with Gasteiger partial charge in [0.25, 0.3) is 5.56 Å². The number of para-hydroxylation sites is 2. The molecule has 148 valence electrons. The van der Waals surface area contributed by atoms with Gasteiger partial charge in [-0.3, -0.25) is 4.79 Å². The molecule has 0 saturated carbocycles. The average Bonchev–Trinajstić information content (AvgIpc) is 3.27. The number of aryl methyl sites for hydroxylation is 2. The third-order valence-electron chi connectivity index (χ3n) is 5.47. The van der Waals surface area contributed by atoms with Crippen LogP contribution >= 0.6 is 0 Å². The largest absolute Gasteiger partial charge is 0.350 e. The van der Waals surface area contributed by atoms with E-state index in [-0.39, 0.29) is 5.56 Å². The summed E-state index contributed by atoms with van der Waals surface area (Å²) in [5, 5.41) is 6.75. The fourth-order valence-corrected chi connectivity index (χ4v) is 4.09. The zero-order chi connectivity index (χ0) is 20.8. The number of aromatic nitrogens is 5. The van der Waals surface area contributed by atoms with Gasteiger partial charge in [0.05, 0.1) is 6.54 Å².